The Bertz CT molecular complexity index is 529. The normalized spacial score (nSPS) is 11.2. The lowest BCUT2D eigenvalue weighted by molar-refractivity contribution is -0.137. The van der Waals surface area contributed by atoms with E-state index in [1.54, 1.807) is 0 Å². The summed E-state index contributed by atoms with van der Waals surface area (Å²) >= 11 is 1.32. The van der Waals surface area contributed by atoms with Crippen LogP contribution in [0.5, 0.6) is 0 Å². The Morgan fingerprint density at radius 2 is 1.87 bits per heavy atom. The highest BCUT2D eigenvalue weighted by Gasteiger charge is 2.28. The molecule has 5 nitrogen and oxygen atoms in total. The van der Waals surface area contributed by atoms with Gasteiger partial charge in [0.15, 0.2) is 0 Å². The first-order valence-corrected chi connectivity index (χ1v) is 8.44. The Hall–Kier alpha value is -1.60. The first kappa shape index (κ1) is 19.4. The maximum Gasteiger partial charge on any atom is 0.244 e. The van der Waals surface area contributed by atoms with E-state index in [9.17, 15) is 14.0 Å². The summed E-state index contributed by atoms with van der Waals surface area (Å²) in [6.07, 6.45) is 0. The van der Waals surface area contributed by atoms with E-state index >= 15 is 0 Å². The van der Waals surface area contributed by atoms with Gasteiger partial charge >= 0.3 is 0 Å². The minimum atomic E-state index is -0.503. The summed E-state index contributed by atoms with van der Waals surface area (Å²) in [5.41, 5.74) is -0.0239. The number of rotatable bonds is 7. The molecule has 0 aliphatic rings. The van der Waals surface area contributed by atoms with E-state index in [0.29, 0.717) is 11.4 Å². The van der Waals surface area contributed by atoms with Gasteiger partial charge in [0.1, 0.15) is 12.4 Å². The molecule has 0 heterocycles. The van der Waals surface area contributed by atoms with Gasteiger partial charge in [-0.3, -0.25) is 9.59 Å². The fourth-order valence-electron chi connectivity index (χ4n) is 1.88. The highest BCUT2D eigenvalue weighted by Crippen LogP contribution is 2.16. The van der Waals surface area contributed by atoms with Crippen LogP contribution in [-0.2, 0) is 9.59 Å². The van der Waals surface area contributed by atoms with Crippen LogP contribution in [-0.4, -0.2) is 52.0 Å². The summed E-state index contributed by atoms with van der Waals surface area (Å²) < 4.78 is 12.9. The number of carbonyl (C=O) groups is 2. The van der Waals surface area contributed by atoms with Crippen LogP contribution in [0.4, 0.5) is 10.1 Å². The third-order valence-corrected chi connectivity index (χ3v) is 3.92. The van der Waals surface area contributed by atoms with Crippen molar-refractivity contribution in [2.24, 2.45) is 0 Å². The van der Waals surface area contributed by atoms with Gasteiger partial charge in [0, 0.05) is 17.0 Å². The molecular weight excluding hydrogens is 319 g/mol. The molecule has 0 saturated heterocycles. The van der Waals surface area contributed by atoms with Crippen LogP contribution < -0.4 is 5.32 Å². The second-order valence-corrected chi connectivity index (χ2v) is 7.09. The second-order valence-electron chi connectivity index (χ2n) is 5.98. The second kappa shape index (κ2) is 8.88. The number of nitrogens with one attached hydrogen (secondary N) is 1. The van der Waals surface area contributed by atoms with Crippen molar-refractivity contribution in [3.63, 3.8) is 0 Å². The number of anilines is 1. The van der Waals surface area contributed by atoms with Gasteiger partial charge < -0.3 is 15.3 Å². The lowest BCUT2D eigenvalue weighted by Crippen LogP contribution is -2.50. The molecule has 0 radical (unpaired) electrons. The molecule has 1 aromatic rings. The SMILES string of the molecule is CC(C)(C)N(CC(=O)Nc1ccc(F)cc1)C(=O)CSCCO. The van der Waals surface area contributed by atoms with Crippen LogP contribution in [0.25, 0.3) is 0 Å². The minimum absolute atomic E-state index is 0.0124. The first-order valence-electron chi connectivity index (χ1n) is 7.28. The summed E-state index contributed by atoms with van der Waals surface area (Å²) in [4.78, 5) is 25.9. The number of aliphatic hydroxyl groups is 1. The number of halogens is 1. The van der Waals surface area contributed by atoms with Crippen molar-refractivity contribution in [2.75, 3.05) is 30.0 Å². The van der Waals surface area contributed by atoms with Crippen molar-refractivity contribution < 1.29 is 19.1 Å². The van der Waals surface area contributed by atoms with E-state index in [1.807, 2.05) is 20.8 Å². The van der Waals surface area contributed by atoms with E-state index in [1.165, 1.54) is 40.9 Å². The van der Waals surface area contributed by atoms with E-state index in [0.717, 1.165) is 0 Å². The van der Waals surface area contributed by atoms with Crippen molar-refractivity contribution in [1.29, 1.82) is 0 Å². The van der Waals surface area contributed by atoms with Crippen molar-refractivity contribution in [3.05, 3.63) is 30.1 Å². The lowest BCUT2D eigenvalue weighted by atomic mass is 10.1. The molecule has 23 heavy (non-hydrogen) atoms. The number of carbonyl (C=O) groups excluding carboxylic acids is 2. The van der Waals surface area contributed by atoms with Crippen molar-refractivity contribution >= 4 is 29.3 Å². The van der Waals surface area contributed by atoms with Gasteiger partial charge in [-0.25, -0.2) is 4.39 Å². The Labute approximate surface area is 140 Å². The van der Waals surface area contributed by atoms with Crippen molar-refractivity contribution in [1.82, 2.24) is 4.90 Å². The molecule has 0 unspecified atom stereocenters. The zero-order chi connectivity index (χ0) is 17.5. The summed E-state index contributed by atoms with van der Waals surface area (Å²) in [6, 6.07) is 5.45. The molecule has 0 aromatic heterocycles. The van der Waals surface area contributed by atoms with E-state index in [2.05, 4.69) is 5.32 Å². The number of nitrogens with zero attached hydrogens (tertiary/aromatic N) is 1. The van der Waals surface area contributed by atoms with Crippen molar-refractivity contribution in [2.45, 2.75) is 26.3 Å². The summed E-state index contributed by atoms with van der Waals surface area (Å²) in [6.45, 7) is 5.49. The molecule has 7 heteroatoms. The third-order valence-electron chi connectivity index (χ3n) is 3.00. The molecule has 0 spiro atoms. The Morgan fingerprint density at radius 3 is 2.39 bits per heavy atom. The number of aliphatic hydroxyl groups excluding tert-OH is 1. The van der Waals surface area contributed by atoms with E-state index in [4.69, 9.17) is 5.11 Å². The van der Waals surface area contributed by atoms with Gasteiger partial charge in [-0.05, 0) is 45.0 Å². The van der Waals surface area contributed by atoms with Gasteiger partial charge in [0.05, 0.1) is 12.4 Å². The zero-order valence-corrected chi connectivity index (χ0v) is 14.5. The maximum atomic E-state index is 12.9. The standard InChI is InChI=1S/C16H23FN2O3S/c1-16(2,3)19(15(22)11-23-9-8-20)10-14(21)18-13-6-4-12(17)5-7-13/h4-7,20H,8-11H2,1-3H3,(H,18,21). The van der Waals surface area contributed by atoms with E-state index in [-0.39, 0.29) is 36.5 Å². The average Bonchev–Trinajstić information content (AvgIpc) is 2.46. The molecule has 0 bridgehead atoms. The Kier molecular flexibility index (Phi) is 7.51. The molecule has 1 aromatic carbocycles. The Morgan fingerprint density at radius 1 is 1.26 bits per heavy atom. The number of amides is 2. The van der Waals surface area contributed by atoms with Crippen LogP contribution in [0.15, 0.2) is 24.3 Å². The summed E-state index contributed by atoms with van der Waals surface area (Å²) in [5, 5.41) is 11.4. The quantitative estimate of drug-likeness (QED) is 0.745. The van der Waals surface area contributed by atoms with Crippen LogP contribution in [0.3, 0.4) is 0 Å². The number of benzene rings is 1. The topological polar surface area (TPSA) is 69.6 Å². The van der Waals surface area contributed by atoms with Crippen LogP contribution in [0.1, 0.15) is 20.8 Å². The molecule has 2 amide bonds. The highest BCUT2D eigenvalue weighted by molar-refractivity contribution is 7.99. The van der Waals surface area contributed by atoms with Crippen LogP contribution in [0.2, 0.25) is 0 Å². The fraction of sp³-hybridized carbons (Fsp3) is 0.500. The smallest absolute Gasteiger partial charge is 0.244 e. The lowest BCUT2D eigenvalue weighted by Gasteiger charge is -2.35. The predicted octanol–water partition coefficient (Wildman–Crippen LogP) is 2.12. The number of hydrogen-bond donors (Lipinski definition) is 2. The molecular formula is C16H23FN2O3S. The minimum Gasteiger partial charge on any atom is -0.396 e. The van der Waals surface area contributed by atoms with E-state index < -0.39 is 5.54 Å². The number of thioether (sulfide) groups is 1. The molecule has 1 rings (SSSR count). The third kappa shape index (κ3) is 7.00. The molecule has 0 aliphatic heterocycles. The van der Waals surface area contributed by atoms with Crippen LogP contribution >= 0.6 is 11.8 Å². The predicted molar refractivity (Wildman–Crippen MR) is 90.9 cm³/mol. The molecule has 0 aliphatic carbocycles. The largest absolute Gasteiger partial charge is 0.396 e. The van der Waals surface area contributed by atoms with Crippen LogP contribution in [0, 0.1) is 5.82 Å². The molecule has 0 saturated carbocycles. The zero-order valence-electron chi connectivity index (χ0n) is 13.6. The average molecular weight is 342 g/mol. The Balaban J connectivity index is 2.67. The van der Waals surface area contributed by atoms with Crippen molar-refractivity contribution in [3.8, 4) is 0 Å². The molecule has 128 valence electrons. The van der Waals surface area contributed by atoms with Gasteiger partial charge in [0.25, 0.3) is 0 Å². The van der Waals surface area contributed by atoms with Gasteiger partial charge in [-0.2, -0.15) is 0 Å². The number of hydrogen-bond acceptors (Lipinski definition) is 4. The van der Waals surface area contributed by atoms with Gasteiger partial charge in [0.2, 0.25) is 11.8 Å². The van der Waals surface area contributed by atoms with Gasteiger partial charge in [-0.15, -0.1) is 11.8 Å². The molecule has 2 N–H and O–H groups in total. The first-order chi connectivity index (χ1) is 10.7. The monoisotopic (exact) mass is 342 g/mol. The highest BCUT2D eigenvalue weighted by atomic mass is 32.2. The fourth-order valence-corrected chi connectivity index (χ4v) is 2.48. The molecule has 0 atom stereocenters. The van der Waals surface area contributed by atoms with Gasteiger partial charge in [-0.1, -0.05) is 0 Å². The maximum absolute atomic E-state index is 12.9. The summed E-state index contributed by atoms with van der Waals surface area (Å²) in [5.74, 6) is -0.194. The molecule has 0 fully saturated rings. The summed E-state index contributed by atoms with van der Waals surface area (Å²) in [7, 11) is 0.